The summed E-state index contributed by atoms with van der Waals surface area (Å²) < 4.78 is 14.5. The molecule has 0 aromatic heterocycles. The Labute approximate surface area is 169 Å². The first kappa shape index (κ1) is 26.7. The zero-order chi connectivity index (χ0) is 9.45. The van der Waals surface area contributed by atoms with E-state index in [0.717, 1.165) is 6.42 Å². The average molecular weight is 440 g/mol. The van der Waals surface area contributed by atoms with Crippen molar-refractivity contribution < 1.29 is 112 Å². The summed E-state index contributed by atoms with van der Waals surface area (Å²) in [6.07, 6.45) is 0.883. The Bertz CT molecular complexity index is 97.8. The molecule has 0 unspecified atom stereocenters. The van der Waals surface area contributed by atoms with Gasteiger partial charge in [0.25, 0.3) is 0 Å². The molecule has 0 N–H and O–H groups in total. The fraction of sp³-hybridized carbons (Fsp3) is 0.667. The largest absolute Gasteiger partial charge is 0.554 e. The fourth-order valence-electron chi connectivity index (χ4n) is 1.08. The first-order chi connectivity index (χ1) is 5.74. The summed E-state index contributed by atoms with van der Waals surface area (Å²) in [5.74, 6) is 0. The van der Waals surface area contributed by atoms with Crippen LogP contribution in [0.2, 0.25) is 0 Å². The van der Waals surface area contributed by atoms with Gasteiger partial charge in [0.05, 0.1) is 0 Å². The van der Waals surface area contributed by atoms with Crippen LogP contribution in [0.5, 0.6) is 0 Å². The molecule has 0 heterocycles. The second-order valence-corrected chi connectivity index (χ2v) is 2.90. The summed E-state index contributed by atoms with van der Waals surface area (Å²) in [7, 11) is 9.99. The van der Waals surface area contributed by atoms with Gasteiger partial charge >= 0.3 is 0 Å². The van der Waals surface area contributed by atoms with Gasteiger partial charge in [0.1, 0.15) is 0 Å². The van der Waals surface area contributed by atoms with E-state index in [-0.39, 0.29) is 104 Å². The minimum Gasteiger partial charge on any atom is -0.554 e. The predicted octanol–water partition coefficient (Wildman–Crippen LogP) is 1.80. The van der Waals surface area contributed by atoms with E-state index in [1.54, 1.807) is 0 Å². The summed E-state index contributed by atoms with van der Waals surface area (Å²) in [4.78, 5) is 0. The number of hydrogen-bond donors (Lipinski definition) is 0. The van der Waals surface area contributed by atoms with Crippen molar-refractivity contribution in [3.63, 3.8) is 0 Å². The Balaban J connectivity index is -0.000000202. The van der Waals surface area contributed by atoms with Crippen molar-refractivity contribution in [2.75, 3.05) is 19.8 Å². The monoisotopic (exact) mass is 440 g/mol. The van der Waals surface area contributed by atoms with Gasteiger partial charge < -0.3 is 14.2 Å². The normalized spacial score (nSPS) is 9.60. The molecule has 15 heavy (non-hydrogen) atoms. The molecule has 0 atom stereocenters. The number of rotatable bonds is 7. The first-order valence-electron chi connectivity index (χ1n) is 3.85. The van der Waals surface area contributed by atoms with Crippen LogP contribution in [0.4, 0.5) is 0 Å². The first-order valence-corrected chi connectivity index (χ1v) is 3.85. The minimum absolute atomic E-state index is 0. The van der Waals surface area contributed by atoms with Gasteiger partial charge in [-0.15, -0.1) is 0 Å². The zero-order valence-electron chi connectivity index (χ0n) is 9.41. The van der Waals surface area contributed by atoms with Crippen LogP contribution < -0.4 is 0 Å². The third-order valence-electron chi connectivity index (χ3n) is 1.97. The second-order valence-electron chi connectivity index (χ2n) is 2.90. The van der Waals surface area contributed by atoms with E-state index < -0.39 is 0 Å². The molecule has 0 aliphatic heterocycles. The number of hydrogen-bond acceptors (Lipinski definition) is 3. The van der Waals surface area contributed by atoms with Crippen LogP contribution in [0.3, 0.4) is 0 Å². The van der Waals surface area contributed by atoms with Crippen molar-refractivity contribution in [3.05, 3.63) is 21.3 Å². The van der Waals surface area contributed by atoms with Crippen molar-refractivity contribution in [3.8, 4) is 0 Å². The quantitative estimate of drug-likeness (QED) is 0.566. The maximum Gasteiger partial charge on any atom is 0.0312 e. The molecule has 0 aliphatic rings. The Hall–Kier alpha value is 3.19. The van der Waals surface area contributed by atoms with E-state index in [0.29, 0.717) is 19.8 Å². The van der Waals surface area contributed by atoms with E-state index in [9.17, 15) is 0 Å². The molecule has 83 valence electrons. The van der Waals surface area contributed by atoms with Gasteiger partial charge in [0, 0.05) is 123 Å². The van der Waals surface area contributed by atoms with Gasteiger partial charge in [-0.1, -0.05) is 6.92 Å². The molecular weight excluding hydrogens is 423 g/mol. The Morgan fingerprint density at radius 1 is 0.800 bits per heavy atom. The van der Waals surface area contributed by atoms with Crippen molar-refractivity contribution in [1.82, 2.24) is 0 Å². The maximum absolute atomic E-state index is 4.84. The van der Waals surface area contributed by atoms with Crippen molar-refractivity contribution in [2.45, 2.75) is 13.3 Å². The topological polar surface area (TPSA) is 27.7 Å². The summed E-state index contributed by atoms with van der Waals surface area (Å²) in [6, 6.07) is 0. The van der Waals surface area contributed by atoms with Crippen LogP contribution in [0.25, 0.3) is 0 Å². The molecule has 0 aromatic carbocycles. The average Bonchev–Trinajstić information content (AvgIpc) is 2.06. The third-order valence-corrected chi connectivity index (χ3v) is 1.97. The smallest absolute Gasteiger partial charge is 0.0312 e. The Kier molecular flexibility index (Phi) is 30.6. The molecule has 0 rings (SSSR count). The summed E-state index contributed by atoms with van der Waals surface area (Å²) >= 11 is 0. The molecule has 3 nitrogen and oxygen atoms in total. The van der Waals surface area contributed by atoms with Crippen molar-refractivity contribution in [2.24, 2.45) is 5.41 Å². The van der Waals surface area contributed by atoms with Crippen molar-refractivity contribution >= 4 is 0 Å². The van der Waals surface area contributed by atoms with Crippen LogP contribution in [-0.2, 0) is 112 Å². The Morgan fingerprint density at radius 3 is 1.20 bits per heavy atom. The molecule has 0 fully saturated rings. The van der Waals surface area contributed by atoms with Gasteiger partial charge in [-0.05, 0) is 6.42 Å². The van der Waals surface area contributed by atoms with Crippen LogP contribution in [-0.4, -0.2) is 19.8 Å². The van der Waals surface area contributed by atoms with E-state index >= 15 is 0 Å². The van der Waals surface area contributed by atoms with Gasteiger partial charge in [-0.2, -0.15) is 0 Å². The van der Waals surface area contributed by atoms with Gasteiger partial charge in [-0.25, -0.2) is 21.3 Å². The predicted molar refractivity (Wildman–Crippen MR) is 46.7 cm³/mol. The third kappa shape index (κ3) is 12.0. The van der Waals surface area contributed by atoms with E-state index in [4.69, 9.17) is 14.2 Å². The van der Waals surface area contributed by atoms with Crippen LogP contribution in [0.15, 0.2) is 0 Å². The standard InChI is InChI=1S/C9H17O3.3Y/c1-5-9(6-10-2,7-11-3)8-12-4;;;/h2-8H2,1H3;;;/q-3;;;. The minimum atomic E-state index is -0.161. The molecule has 0 amide bonds. The summed E-state index contributed by atoms with van der Waals surface area (Å²) in [6.45, 7) is 3.52. The van der Waals surface area contributed by atoms with E-state index in [1.807, 2.05) is 6.92 Å². The molecule has 0 aliphatic carbocycles. The molecular formula is C9H17O3Y3-3. The molecule has 0 saturated heterocycles. The molecule has 3 radical (unpaired) electrons. The summed E-state index contributed by atoms with van der Waals surface area (Å²) in [5.41, 5.74) is -0.161. The van der Waals surface area contributed by atoms with E-state index in [1.165, 1.54) is 0 Å². The summed E-state index contributed by atoms with van der Waals surface area (Å²) in [5, 5.41) is 0. The van der Waals surface area contributed by atoms with Gasteiger partial charge in [0.2, 0.25) is 0 Å². The Morgan fingerprint density at radius 2 is 1.07 bits per heavy atom. The van der Waals surface area contributed by atoms with Crippen LogP contribution >= 0.6 is 0 Å². The zero-order valence-corrected chi connectivity index (χ0v) is 17.9. The maximum atomic E-state index is 4.84. The SMILES string of the molecule is [CH2-]OCC(CC)(CO[CH2-])CO[CH2-].[Y].[Y].[Y]. The fourth-order valence-corrected chi connectivity index (χ4v) is 1.08. The van der Waals surface area contributed by atoms with Crippen molar-refractivity contribution in [1.29, 1.82) is 0 Å². The van der Waals surface area contributed by atoms with E-state index in [2.05, 4.69) is 21.3 Å². The van der Waals surface area contributed by atoms with Gasteiger partial charge in [0.15, 0.2) is 0 Å². The second kappa shape index (κ2) is 17.2. The molecule has 0 spiro atoms. The molecule has 0 saturated carbocycles. The van der Waals surface area contributed by atoms with Gasteiger partial charge in [-0.3, -0.25) is 0 Å². The number of ether oxygens (including phenoxy) is 3. The molecule has 0 bridgehead atoms. The van der Waals surface area contributed by atoms with Crippen LogP contribution in [0.1, 0.15) is 13.3 Å². The van der Waals surface area contributed by atoms with Crippen LogP contribution in [0, 0.1) is 26.7 Å². The molecule has 0 aromatic rings. The molecule has 6 heteroatoms.